The van der Waals surface area contributed by atoms with E-state index in [1.807, 2.05) is 12.1 Å². The SMILES string of the molecule is CCCC[NH+](CCCC)[C@@H]1CCc2cccc(O)c2C1. The predicted octanol–water partition coefficient (Wildman–Crippen LogP) is 2.73. The van der Waals surface area contributed by atoms with E-state index in [4.69, 9.17) is 0 Å². The Balaban J connectivity index is 2.05. The molecule has 0 aliphatic heterocycles. The fourth-order valence-corrected chi connectivity index (χ4v) is 3.46. The van der Waals surface area contributed by atoms with Gasteiger partial charge in [-0.3, -0.25) is 0 Å². The van der Waals surface area contributed by atoms with E-state index >= 15 is 0 Å². The molecule has 2 rings (SSSR count). The summed E-state index contributed by atoms with van der Waals surface area (Å²) in [5, 5.41) is 10.1. The first-order chi connectivity index (χ1) is 9.76. The number of phenols is 1. The van der Waals surface area contributed by atoms with Gasteiger partial charge in [0.05, 0.1) is 19.1 Å². The number of unbranched alkanes of at least 4 members (excludes halogenated alkanes) is 2. The molecule has 112 valence electrons. The maximum Gasteiger partial charge on any atom is 0.119 e. The van der Waals surface area contributed by atoms with E-state index in [1.165, 1.54) is 56.3 Å². The number of aryl methyl sites for hydroxylation is 1. The zero-order chi connectivity index (χ0) is 14.4. The molecule has 0 spiro atoms. The summed E-state index contributed by atoms with van der Waals surface area (Å²) in [7, 11) is 0. The zero-order valence-corrected chi connectivity index (χ0v) is 13.1. The van der Waals surface area contributed by atoms with Gasteiger partial charge in [-0.2, -0.15) is 0 Å². The molecule has 0 saturated carbocycles. The summed E-state index contributed by atoms with van der Waals surface area (Å²) in [5.74, 6) is 0.512. The maximum atomic E-state index is 10.1. The van der Waals surface area contributed by atoms with E-state index in [2.05, 4.69) is 19.9 Å². The Bertz CT molecular complexity index is 408. The number of phenolic OH excluding ortho intramolecular Hbond substituents is 1. The van der Waals surface area contributed by atoms with Crippen molar-refractivity contribution in [3.05, 3.63) is 29.3 Å². The number of quaternary nitrogens is 1. The largest absolute Gasteiger partial charge is 0.508 e. The Labute approximate surface area is 123 Å². The van der Waals surface area contributed by atoms with Crippen molar-refractivity contribution in [3.8, 4) is 5.75 Å². The molecule has 1 aliphatic carbocycles. The monoisotopic (exact) mass is 276 g/mol. The van der Waals surface area contributed by atoms with E-state index in [1.54, 1.807) is 4.90 Å². The number of nitrogens with one attached hydrogen (secondary N) is 1. The van der Waals surface area contributed by atoms with Gasteiger partial charge in [0.25, 0.3) is 0 Å². The van der Waals surface area contributed by atoms with Gasteiger partial charge in [0.2, 0.25) is 0 Å². The summed E-state index contributed by atoms with van der Waals surface area (Å²) in [6.07, 6.45) is 8.68. The van der Waals surface area contributed by atoms with E-state index in [0.717, 1.165) is 12.8 Å². The molecule has 0 saturated heterocycles. The minimum absolute atomic E-state index is 0.512. The molecule has 2 heteroatoms. The Morgan fingerprint density at radius 1 is 1.15 bits per heavy atom. The van der Waals surface area contributed by atoms with Crippen LogP contribution in [0.1, 0.15) is 57.1 Å². The molecule has 0 aromatic heterocycles. The minimum atomic E-state index is 0.512. The van der Waals surface area contributed by atoms with Gasteiger partial charge >= 0.3 is 0 Å². The topological polar surface area (TPSA) is 24.7 Å². The molecule has 2 nitrogen and oxygen atoms in total. The molecule has 1 atom stereocenters. The Hall–Kier alpha value is -1.02. The molecule has 1 aliphatic rings. The molecule has 0 heterocycles. The van der Waals surface area contributed by atoms with Crippen LogP contribution in [-0.4, -0.2) is 24.2 Å². The molecule has 1 aromatic carbocycles. The van der Waals surface area contributed by atoms with Crippen LogP contribution < -0.4 is 4.90 Å². The fraction of sp³-hybridized carbons (Fsp3) is 0.667. The highest BCUT2D eigenvalue weighted by Crippen LogP contribution is 2.27. The maximum absolute atomic E-state index is 10.1. The van der Waals surface area contributed by atoms with Crippen LogP contribution in [-0.2, 0) is 12.8 Å². The normalized spacial score (nSPS) is 18.2. The summed E-state index contributed by atoms with van der Waals surface area (Å²) in [4.78, 5) is 1.77. The lowest BCUT2D eigenvalue weighted by atomic mass is 9.86. The smallest absolute Gasteiger partial charge is 0.119 e. The number of benzene rings is 1. The number of fused-ring (bicyclic) bond motifs is 1. The molecule has 20 heavy (non-hydrogen) atoms. The average Bonchev–Trinajstić information content (AvgIpc) is 2.48. The molecule has 1 aromatic rings. The van der Waals surface area contributed by atoms with Crippen molar-refractivity contribution in [3.63, 3.8) is 0 Å². The molecule has 0 amide bonds. The van der Waals surface area contributed by atoms with Gasteiger partial charge in [-0.15, -0.1) is 0 Å². The Morgan fingerprint density at radius 2 is 1.85 bits per heavy atom. The first kappa shape index (κ1) is 15.4. The first-order valence-electron chi connectivity index (χ1n) is 8.40. The van der Waals surface area contributed by atoms with Crippen molar-refractivity contribution < 1.29 is 10.0 Å². The fourth-order valence-electron chi connectivity index (χ4n) is 3.46. The van der Waals surface area contributed by atoms with Crippen molar-refractivity contribution in [2.75, 3.05) is 13.1 Å². The molecule has 0 radical (unpaired) electrons. The van der Waals surface area contributed by atoms with Gasteiger partial charge in [0.1, 0.15) is 5.75 Å². The van der Waals surface area contributed by atoms with Gasteiger partial charge in [-0.05, 0) is 30.9 Å². The third kappa shape index (κ3) is 3.76. The summed E-state index contributed by atoms with van der Waals surface area (Å²) in [6, 6.07) is 6.71. The standard InChI is InChI=1S/C18H29NO/c1-3-5-12-19(13-6-4-2)16-11-10-15-8-7-9-18(20)17(15)14-16/h7-9,16,20H,3-6,10-14H2,1-2H3/p+1/t16-/m1/s1. The number of aromatic hydroxyl groups is 1. The summed E-state index contributed by atoms with van der Waals surface area (Å²) in [5.41, 5.74) is 2.58. The molecule has 0 unspecified atom stereocenters. The summed E-state index contributed by atoms with van der Waals surface area (Å²) >= 11 is 0. The average molecular weight is 276 g/mol. The van der Waals surface area contributed by atoms with Crippen LogP contribution in [0.3, 0.4) is 0 Å². The summed E-state index contributed by atoms with van der Waals surface area (Å²) in [6.45, 7) is 7.15. The third-order valence-corrected chi connectivity index (χ3v) is 4.74. The van der Waals surface area contributed by atoms with E-state index in [-0.39, 0.29) is 0 Å². The highest BCUT2D eigenvalue weighted by molar-refractivity contribution is 5.41. The van der Waals surface area contributed by atoms with E-state index in [9.17, 15) is 5.11 Å². The van der Waals surface area contributed by atoms with Crippen molar-refractivity contribution in [2.24, 2.45) is 0 Å². The van der Waals surface area contributed by atoms with Crippen molar-refractivity contribution in [1.29, 1.82) is 0 Å². The highest BCUT2D eigenvalue weighted by Gasteiger charge is 2.28. The minimum Gasteiger partial charge on any atom is -0.508 e. The Morgan fingerprint density at radius 3 is 2.50 bits per heavy atom. The quantitative estimate of drug-likeness (QED) is 0.786. The molecular weight excluding hydrogens is 246 g/mol. The van der Waals surface area contributed by atoms with Gasteiger partial charge in [-0.1, -0.05) is 38.8 Å². The second-order valence-corrected chi connectivity index (χ2v) is 6.22. The lowest BCUT2D eigenvalue weighted by molar-refractivity contribution is -0.926. The molecule has 0 fully saturated rings. The first-order valence-corrected chi connectivity index (χ1v) is 8.40. The van der Waals surface area contributed by atoms with Crippen LogP contribution in [0, 0.1) is 0 Å². The predicted molar refractivity (Wildman–Crippen MR) is 84.4 cm³/mol. The lowest BCUT2D eigenvalue weighted by Crippen LogP contribution is -3.16. The van der Waals surface area contributed by atoms with Gasteiger partial charge in [-0.25, -0.2) is 0 Å². The molecule has 2 N–H and O–H groups in total. The van der Waals surface area contributed by atoms with Crippen LogP contribution in [0.5, 0.6) is 5.75 Å². The number of rotatable bonds is 7. The zero-order valence-electron chi connectivity index (χ0n) is 13.1. The van der Waals surface area contributed by atoms with Gasteiger partial charge in [0.15, 0.2) is 0 Å². The van der Waals surface area contributed by atoms with E-state index in [0.29, 0.717) is 11.8 Å². The van der Waals surface area contributed by atoms with Crippen LogP contribution in [0.4, 0.5) is 0 Å². The Kier molecular flexibility index (Phi) is 5.90. The third-order valence-electron chi connectivity index (χ3n) is 4.74. The summed E-state index contributed by atoms with van der Waals surface area (Å²) < 4.78 is 0. The van der Waals surface area contributed by atoms with Crippen molar-refractivity contribution in [2.45, 2.75) is 64.8 Å². The van der Waals surface area contributed by atoms with Crippen LogP contribution in [0.25, 0.3) is 0 Å². The lowest BCUT2D eigenvalue weighted by Gasteiger charge is -2.32. The second kappa shape index (κ2) is 7.68. The van der Waals surface area contributed by atoms with Crippen LogP contribution in [0.15, 0.2) is 18.2 Å². The number of hydrogen-bond donors (Lipinski definition) is 2. The van der Waals surface area contributed by atoms with Crippen LogP contribution in [0.2, 0.25) is 0 Å². The molecule has 0 bridgehead atoms. The van der Waals surface area contributed by atoms with Gasteiger partial charge in [0, 0.05) is 18.4 Å². The molecular formula is C18H30NO+. The highest BCUT2D eigenvalue weighted by atomic mass is 16.3. The van der Waals surface area contributed by atoms with E-state index < -0.39 is 0 Å². The van der Waals surface area contributed by atoms with Crippen molar-refractivity contribution in [1.82, 2.24) is 0 Å². The van der Waals surface area contributed by atoms with Crippen LogP contribution >= 0.6 is 0 Å². The van der Waals surface area contributed by atoms with Gasteiger partial charge < -0.3 is 10.0 Å². The number of hydrogen-bond acceptors (Lipinski definition) is 1. The van der Waals surface area contributed by atoms with Crippen molar-refractivity contribution >= 4 is 0 Å². The second-order valence-electron chi connectivity index (χ2n) is 6.22.